The first-order valence-corrected chi connectivity index (χ1v) is 8.05. The maximum Gasteiger partial charge on any atom is 0.308 e. The average molecular weight is 325 g/mol. The molecule has 0 heterocycles. The van der Waals surface area contributed by atoms with E-state index in [1.807, 2.05) is 62.4 Å². The highest BCUT2D eigenvalue weighted by molar-refractivity contribution is 5.80. The number of amides is 1. The molecule has 0 spiro atoms. The number of aliphatic carboxylic acids is 1. The molecule has 0 aliphatic heterocycles. The van der Waals surface area contributed by atoms with Crippen molar-refractivity contribution >= 4 is 11.9 Å². The Bertz CT molecular complexity index is 710. The van der Waals surface area contributed by atoms with Crippen LogP contribution in [0.5, 0.6) is 0 Å². The zero-order chi connectivity index (χ0) is 17.5. The van der Waals surface area contributed by atoms with Gasteiger partial charge in [0.25, 0.3) is 0 Å². The molecule has 0 saturated heterocycles. The monoisotopic (exact) mass is 325 g/mol. The van der Waals surface area contributed by atoms with Crippen molar-refractivity contribution in [1.82, 2.24) is 5.32 Å². The summed E-state index contributed by atoms with van der Waals surface area (Å²) < 4.78 is 0. The Morgan fingerprint density at radius 1 is 1.08 bits per heavy atom. The number of nitrogens with one attached hydrogen (secondary N) is 1. The van der Waals surface area contributed by atoms with Crippen LogP contribution in [0.3, 0.4) is 0 Å². The van der Waals surface area contributed by atoms with Gasteiger partial charge >= 0.3 is 5.97 Å². The van der Waals surface area contributed by atoms with Crippen LogP contribution in [0, 0.1) is 19.8 Å². The molecular weight excluding hydrogens is 302 g/mol. The van der Waals surface area contributed by atoms with Crippen molar-refractivity contribution in [3.8, 4) is 0 Å². The van der Waals surface area contributed by atoms with Crippen LogP contribution >= 0.6 is 0 Å². The molecule has 4 heteroatoms. The van der Waals surface area contributed by atoms with Gasteiger partial charge in [-0.05, 0) is 37.0 Å². The van der Waals surface area contributed by atoms with Crippen molar-refractivity contribution in [1.29, 1.82) is 0 Å². The third-order valence-corrected chi connectivity index (χ3v) is 4.08. The maximum atomic E-state index is 12.2. The van der Waals surface area contributed by atoms with Crippen molar-refractivity contribution in [2.75, 3.05) is 6.54 Å². The van der Waals surface area contributed by atoms with Crippen LogP contribution in [-0.2, 0) is 22.4 Å². The largest absolute Gasteiger partial charge is 0.481 e. The highest BCUT2D eigenvalue weighted by Crippen LogP contribution is 2.12. The lowest BCUT2D eigenvalue weighted by Gasteiger charge is -2.14. The van der Waals surface area contributed by atoms with Gasteiger partial charge in [0.15, 0.2) is 0 Å². The number of aryl methyl sites for hydroxylation is 2. The van der Waals surface area contributed by atoms with Gasteiger partial charge < -0.3 is 10.4 Å². The van der Waals surface area contributed by atoms with Crippen LogP contribution in [0.2, 0.25) is 0 Å². The molecule has 1 unspecified atom stereocenters. The highest BCUT2D eigenvalue weighted by atomic mass is 16.4. The fraction of sp³-hybridized carbons (Fsp3) is 0.300. The van der Waals surface area contributed by atoms with Crippen LogP contribution in [0.1, 0.15) is 22.3 Å². The predicted molar refractivity (Wildman–Crippen MR) is 93.9 cm³/mol. The van der Waals surface area contributed by atoms with Crippen molar-refractivity contribution in [3.63, 3.8) is 0 Å². The molecule has 126 valence electrons. The summed E-state index contributed by atoms with van der Waals surface area (Å²) in [5.41, 5.74) is 4.10. The zero-order valence-corrected chi connectivity index (χ0v) is 14.1. The van der Waals surface area contributed by atoms with Crippen LogP contribution in [0.15, 0.2) is 48.5 Å². The molecule has 2 aromatic rings. The minimum absolute atomic E-state index is 0.133. The van der Waals surface area contributed by atoms with E-state index in [4.69, 9.17) is 0 Å². The maximum absolute atomic E-state index is 12.2. The van der Waals surface area contributed by atoms with Gasteiger partial charge in [-0.1, -0.05) is 54.1 Å². The van der Waals surface area contributed by atoms with Gasteiger partial charge in [0.1, 0.15) is 0 Å². The molecule has 0 saturated carbocycles. The van der Waals surface area contributed by atoms with Gasteiger partial charge in [-0.25, -0.2) is 0 Å². The van der Waals surface area contributed by atoms with Crippen molar-refractivity contribution in [2.24, 2.45) is 5.92 Å². The minimum atomic E-state index is -0.897. The van der Waals surface area contributed by atoms with Crippen LogP contribution < -0.4 is 5.32 Å². The first-order valence-electron chi connectivity index (χ1n) is 8.05. The molecule has 24 heavy (non-hydrogen) atoms. The quantitative estimate of drug-likeness (QED) is 0.822. The Balaban J connectivity index is 1.92. The second kappa shape index (κ2) is 8.29. The summed E-state index contributed by atoms with van der Waals surface area (Å²) in [6, 6.07) is 15.5. The summed E-state index contributed by atoms with van der Waals surface area (Å²) in [7, 11) is 0. The van der Waals surface area contributed by atoms with E-state index < -0.39 is 11.9 Å². The summed E-state index contributed by atoms with van der Waals surface area (Å²) in [6.07, 6.45) is 0.672. The molecule has 4 nitrogen and oxygen atoms in total. The van der Waals surface area contributed by atoms with Crippen molar-refractivity contribution in [2.45, 2.75) is 26.7 Å². The Hall–Kier alpha value is -2.62. The molecule has 2 aromatic carbocycles. The fourth-order valence-electron chi connectivity index (χ4n) is 2.61. The van der Waals surface area contributed by atoms with E-state index in [0.717, 1.165) is 22.3 Å². The molecule has 0 aliphatic rings. The molecule has 0 aromatic heterocycles. The number of carboxylic acids is 1. The lowest BCUT2D eigenvalue weighted by molar-refractivity contribution is -0.141. The van der Waals surface area contributed by atoms with E-state index in [2.05, 4.69) is 5.32 Å². The third kappa shape index (κ3) is 5.23. The summed E-state index contributed by atoms with van der Waals surface area (Å²) in [4.78, 5) is 23.6. The van der Waals surface area contributed by atoms with E-state index >= 15 is 0 Å². The second-order valence-electron chi connectivity index (χ2n) is 6.14. The first-order chi connectivity index (χ1) is 11.5. The average Bonchev–Trinajstić information content (AvgIpc) is 2.55. The predicted octanol–water partition coefficient (Wildman–Crippen LogP) is 2.91. The number of carbonyl (C=O) groups is 2. The Kier molecular flexibility index (Phi) is 6.13. The molecule has 0 bridgehead atoms. The second-order valence-corrected chi connectivity index (χ2v) is 6.14. The zero-order valence-electron chi connectivity index (χ0n) is 14.1. The fourth-order valence-corrected chi connectivity index (χ4v) is 2.61. The van der Waals surface area contributed by atoms with E-state index in [0.29, 0.717) is 6.42 Å². The molecule has 0 aliphatic carbocycles. The third-order valence-electron chi connectivity index (χ3n) is 4.08. The Morgan fingerprint density at radius 3 is 2.46 bits per heavy atom. The Labute approximate surface area is 142 Å². The van der Waals surface area contributed by atoms with E-state index in [1.54, 1.807) is 0 Å². The molecule has 2 rings (SSSR count). The summed E-state index contributed by atoms with van der Waals surface area (Å²) in [6.45, 7) is 4.09. The van der Waals surface area contributed by atoms with Gasteiger partial charge in [0.05, 0.1) is 12.3 Å². The first kappa shape index (κ1) is 17.7. The lowest BCUT2D eigenvalue weighted by atomic mass is 9.99. The number of rotatable bonds is 7. The highest BCUT2D eigenvalue weighted by Gasteiger charge is 2.19. The van der Waals surface area contributed by atoms with Gasteiger partial charge in [0, 0.05) is 6.54 Å². The Morgan fingerprint density at radius 2 is 1.79 bits per heavy atom. The molecular formula is C20H23NO3. The SMILES string of the molecule is Cc1ccc(C)c(CC(=O)NCC(Cc2ccccc2)C(=O)O)c1. The van der Waals surface area contributed by atoms with Gasteiger partial charge in [-0.2, -0.15) is 0 Å². The number of carboxylic acid groups (broad SMARTS) is 1. The van der Waals surface area contributed by atoms with Crippen LogP contribution in [0.4, 0.5) is 0 Å². The van der Waals surface area contributed by atoms with E-state index in [9.17, 15) is 14.7 Å². The standard InChI is InChI=1S/C20H23NO3/c1-14-8-9-15(2)17(10-14)12-19(22)21-13-18(20(23)24)11-16-6-4-3-5-7-16/h3-10,18H,11-13H2,1-2H3,(H,21,22)(H,23,24). The summed E-state index contributed by atoms with van der Waals surface area (Å²) >= 11 is 0. The van der Waals surface area contributed by atoms with Gasteiger partial charge in [0.2, 0.25) is 5.91 Å². The van der Waals surface area contributed by atoms with E-state index in [1.165, 1.54) is 0 Å². The lowest BCUT2D eigenvalue weighted by Crippen LogP contribution is -2.35. The molecule has 2 N–H and O–H groups in total. The van der Waals surface area contributed by atoms with Crippen molar-refractivity contribution < 1.29 is 14.7 Å². The number of hydrogen-bond acceptors (Lipinski definition) is 2. The van der Waals surface area contributed by atoms with Crippen LogP contribution in [-0.4, -0.2) is 23.5 Å². The molecule has 0 fully saturated rings. The number of hydrogen-bond donors (Lipinski definition) is 2. The number of carbonyl (C=O) groups excluding carboxylic acids is 1. The summed E-state index contributed by atoms with van der Waals surface area (Å²) in [5, 5.41) is 12.1. The molecule has 1 atom stereocenters. The van der Waals surface area contributed by atoms with Crippen LogP contribution in [0.25, 0.3) is 0 Å². The van der Waals surface area contributed by atoms with Crippen molar-refractivity contribution in [3.05, 3.63) is 70.8 Å². The van der Waals surface area contributed by atoms with E-state index in [-0.39, 0.29) is 18.9 Å². The summed E-state index contributed by atoms with van der Waals surface area (Å²) in [5.74, 6) is -1.68. The smallest absolute Gasteiger partial charge is 0.308 e. The molecule has 0 radical (unpaired) electrons. The molecule has 1 amide bonds. The van der Waals surface area contributed by atoms with Gasteiger partial charge in [-0.3, -0.25) is 9.59 Å². The number of benzene rings is 2. The minimum Gasteiger partial charge on any atom is -0.481 e. The van der Waals surface area contributed by atoms with Gasteiger partial charge in [-0.15, -0.1) is 0 Å². The topological polar surface area (TPSA) is 66.4 Å². The normalized spacial score (nSPS) is 11.8.